The van der Waals surface area contributed by atoms with Crippen LogP contribution in [0.3, 0.4) is 0 Å². The van der Waals surface area contributed by atoms with Crippen molar-refractivity contribution in [1.82, 2.24) is 10.2 Å². The van der Waals surface area contributed by atoms with Crippen molar-refractivity contribution < 1.29 is 14.2 Å². The van der Waals surface area contributed by atoms with Crippen LogP contribution in [0, 0.1) is 0 Å². The molecule has 1 aromatic carbocycles. The third-order valence-corrected chi connectivity index (χ3v) is 5.72. The second-order valence-corrected chi connectivity index (χ2v) is 7.42. The highest BCUT2D eigenvalue weighted by Crippen LogP contribution is 2.32. The maximum Gasteiger partial charge on any atom is 0.195 e. The van der Waals surface area contributed by atoms with Crippen LogP contribution >= 0.6 is 24.0 Å². The standard InChI is InChI=1S/C21H34N4O3.HI/c1-4-22-20(24-17-7-8-18(26-2)19(15-17)27-3)23-16-21(9-13-28-14-10-21)25-11-5-6-12-25;/h7-8,15H,4-6,9-14,16H2,1-3H3,(H2,22,23,24);1H. The molecule has 2 saturated heterocycles. The Labute approximate surface area is 191 Å². The molecule has 8 heteroatoms. The van der Waals surface area contributed by atoms with Gasteiger partial charge in [0.05, 0.1) is 20.8 Å². The van der Waals surface area contributed by atoms with Gasteiger partial charge in [-0.2, -0.15) is 0 Å². The molecule has 2 aliphatic rings. The van der Waals surface area contributed by atoms with Gasteiger partial charge in [-0.25, -0.2) is 0 Å². The van der Waals surface area contributed by atoms with E-state index in [0.29, 0.717) is 11.5 Å². The first-order valence-corrected chi connectivity index (χ1v) is 10.3. The van der Waals surface area contributed by atoms with E-state index in [2.05, 4.69) is 22.5 Å². The quantitative estimate of drug-likeness (QED) is 0.328. The molecule has 2 aliphatic heterocycles. The number of rotatable bonds is 7. The number of halogens is 1. The summed E-state index contributed by atoms with van der Waals surface area (Å²) in [4.78, 5) is 7.61. The summed E-state index contributed by atoms with van der Waals surface area (Å²) in [6, 6.07) is 5.80. The third kappa shape index (κ3) is 6.11. The van der Waals surface area contributed by atoms with Crippen LogP contribution < -0.4 is 20.1 Å². The van der Waals surface area contributed by atoms with Gasteiger partial charge in [-0.1, -0.05) is 0 Å². The Morgan fingerprint density at radius 1 is 1.14 bits per heavy atom. The fraction of sp³-hybridized carbons (Fsp3) is 0.667. The fourth-order valence-electron chi connectivity index (χ4n) is 4.10. The smallest absolute Gasteiger partial charge is 0.195 e. The van der Waals surface area contributed by atoms with Crippen LogP contribution in [0.2, 0.25) is 0 Å². The zero-order valence-electron chi connectivity index (χ0n) is 17.8. The molecule has 0 amide bonds. The summed E-state index contributed by atoms with van der Waals surface area (Å²) in [5, 5.41) is 6.77. The predicted octanol–water partition coefficient (Wildman–Crippen LogP) is 3.34. The van der Waals surface area contributed by atoms with Crippen LogP contribution in [0.4, 0.5) is 5.69 Å². The molecule has 2 fully saturated rings. The summed E-state index contributed by atoms with van der Waals surface area (Å²) in [6.07, 6.45) is 4.67. The van der Waals surface area contributed by atoms with Crippen molar-refractivity contribution in [3.63, 3.8) is 0 Å². The molecule has 1 aromatic rings. The summed E-state index contributed by atoms with van der Waals surface area (Å²) in [5.74, 6) is 2.20. The number of hydrogen-bond donors (Lipinski definition) is 2. The average Bonchev–Trinajstić information content (AvgIpc) is 3.28. The summed E-state index contributed by atoms with van der Waals surface area (Å²) >= 11 is 0. The Bertz CT molecular complexity index is 659. The van der Waals surface area contributed by atoms with Crippen LogP contribution in [0.25, 0.3) is 0 Å². The van der Waals surface area contributed by atoms with Crippen molar-refractivity contribution in [1.29, 1.82) is 0 Å². The molecule has 164 valence electrons. The van der Waals surface area contributed by atoms with Gasteiger partial charge < -0.3 is 24.8 Å². The summed E-state index contributed by atoms with van der Waals surface area (Å²) < 4.78 is 16.4. The minimum absolute atomic E-state index is 0. The molecular formula is C21H35IN4O3. The zero-order valence-corrected chi connectivity index (χ0v) is 20.2. The number of nitrogens with zero attached hydrogens (tertiary/aromatic N) is 2. The van der Waals surface area contributed by atoms with E-state index in [4.69, 9.17) is 19.2 Å². The molecule has 0 aromatic heterocycles. The van der Waals surface area contributed by atoms with Gasteiger partial charge >= 0.3 is 0 Å². The van der Waals surface area contributed by atoms with Gasteiger partial charge in [0.1, 0.15) is 0 Å². The largest absolute Gasteiger partial charge is 0.493 e. The van der Waals surface area contributed by atoms with Crippen molar-refractivity contribution >= 4 is 35.6 Å². The van der Waals surface area contributed by atoms with E-state index in [1.54, 1.807) is 14.2 Å². The van der Waals surface area contributed by atoms with Gasteiger partial charge in [-0.05, 0) is 57.8 Å². The minimum Gasteiger partial charge on any atom is -0.493 e. The van der Waals surface area contributed by atoms with Crippen LogP contribution in [-0.4, -0.2) is 70.0 Å². The number of aliphatic imine (C=N–C) groups is 1. The first kappa shape index (κ1) is 24.0. The average molecular weight is 518 g/mol. The molecule has 0 saturated carbocycles. The number of nitrogens with one attached hydrogen (secondary N) is 2. The Morgan fingerprint density at radius 2 is 1.83 bits per heavy atom. The summed E-state index contributed by atoms with van der Waals surface area (Å²) in [6.45, 7) is 7.66. The maximum absolute atomic E-state index is 5.65. The molecule has 0 bridgehead atoms. The number of hydrogen-bond acceptors (Lipinski definition) is 5. The van der Waals surface area contributed by atoms with E-state index in [1.165, 1.54) is 25.9 Å². The molecule has 0 aliphatic carbocycles. The second kappa shape index (κ2) is 11.8. The highest BCUT2D eigenvalue weighted by Gasteiger charge is 2.39. The van der Waals surface area contributed by atoms with Crippen LogP contribution in [0.15, 0.2) is 23.2 Å². The van der Waals surface area contributed by atoms with Gasteiger partial charge in [0, 0.05) is 37.1 Å². The maximum atomic E-state index is 5.65. The topological polar surface area (TPSA) is 67.4 Å². The Hall–Kier alpha value is -1.26. The zero-order chi connectivity index (χ0) is 19.8. The van der Waals surface area contributed by atoms with Gasteiger partial charge in [0.2, 0.25) is 0 Å². The highest BCUT2D eigenvalue weighted by atomic mass is 127. The first-order valence-electron chi connectivity index (χ1n) is 10.3. The van der Waals surface area contributed by atoms with Crippen molar-refractivity contribution in [2.24, 2.45) is 4.99 Å². The first-order chi connectivity index (χ1) is 13.7. The fourth-order valence-corrected chi connectivity index (χ4v) is 4.10. The second-order valence-electron chi connectivity index (χ2n) is 7.42. The SMILES string of the molecule is CCNC(=NCC1(N2CCCC2)CCOCC1)Nc1ccc(OC)c(OC)c1.I. The molecule has 0 radical (unpaired) electrons. The van der Waals surface area contributed by atoms with Crippen molar-refractivity contribution in [3.05, 3.63) is 18.2 Å². The van der Waals surface area contributed by atoms with E-state index in [0.717, 1.165) is 50.8 Å². The molecule has 0 spiro atoms. The molecule has 2 N–H and O–H groups in total. The van der Waals surface area contributed by atoms with Crippen LogP contribution in [0.1, 0.15) is 32.6 Å². The third-order valence-electron chi connectivity index (χ3n) is 5.72. The predicted molar refractivity (Wildman–Crippen MR) is 128 cm³/mol. The number of likely N-dealkylation sites (tertiary alicyclic amines) is 1. The molecule has 0 atom stereocenters. The van der Waals surface area contributed by atoms with E-state index in [-0.39, 0.29) is 29.5 Å². The lowest BCUT2D eigenvalue weighted by Gasteiger charge is -2.43. The van der Waals surface area contributed by atoms with Gasteiger partial charge in [-0.15, -0.1) is 24.0 Å². The number of anilines is 1. The molecule has 29 heavy (non-hydrogen) atoms. The highest BCUT2D eigenvalue weighted by molar-refractivity contribution is 14.0. The molecule has 0 unspecified atom stereocenters. The lowest BCUT2D eigenvalue weighted by molar-refractivity contribution is -0.0138. The molecule has 3 rings (SSSR count). The Balaban J connectivity index is 0.00000300. The number of ether oxygens (including phenoxy) is 3. The molecular weight excluding hydrogens is 483 g/mol. The van der Waals surface area contributed by atoms with E-state index >= 15 is 0 Å². The Morgan fingerprint density at radius 3 is 2.45 bits per heavy atom. The lowest BCUT2D eigenvalue weighted by Crippen LogP contribution is -2.53. The van der Waals surface area contributed by atoms with Crippen molar-refractivity contribution in [2.75, 3.05) is 58.9 Å². The number of benzene rings is 1. The number of methoxy groups -OCH3 is 2. The van der Waals surface area contributed by atoms with E-state index in [1.807, 2.05) is 18.2 Å². The van der Waals surface area contributed by atoms with Gasteiger partial charge in [0.25, 0.3) is 0 Å². The molecule has 2 heterocycles. The van der Waals surface area contributed by atoms with Crippen molar-refractivity contribution in [2.45, 2.75) is 38.1 Å². The summed E-state index contributed by atoms with van der Waals surface area (Å²) in [7, 11) is 3.29. The normalized spacial score (nSPS) is 19.3. The molecule has 7 nitrogen and oxygen atoms in total. The Kier molecular flexibility index (Phi) is 9.78. The van der Waals surface area contributed by atoms with Crippen LogP contribution in [-0.2, 0) is 4.74 Å². The van der Waals surface area contributed by atoms with Gasteiger partial charge in [0.15, 0.2) is 17.5 Å². The van der Waals surface area contributed by atoms with Gasteiger partial charge in [-0.3, -0.25) is 9.89 Å². The number of guanidine groups is 1. The van der Waals surface area contributed by atoms with Crippen molar-refractivity contribution in [3.8, 4) is 11.5 Å². The van der Waals surface area contributed by atoms with E-state index in [9.17, 15) is 0 Å². The van der Waals surface area contributed by atoms with Crippen LogP contribution in [0.5, 0.6) is 11.5 Å². The summed E-state index contributed by atoms with van der Waals surface area (Å²) in [5.41, 5.74) is 1.04. The van der Waals surface area contributed by atoms with E-state index < -0.39 is 0 Å². The minimum atomic E-state index is 0. The lowest BCUT2D eigenvalue weighted by atomic mass is 9.88. The monoisotopic (exact) mass is 518 g/mol.